The Morgan fingerprint density at radius 1 is 1.12 bits per heavy atom. The van der Waals surface area contributed by atoms with E-state index in [9.17, 15) is 27.2 Å². The minimum atomic E-state index is -4.61. The molecule has 7 nitrogen and oxygen atoms in total. The second-order valence-corrected chi connectivity index (χ2v) is 6.80. The van der Waals surface area contributed by atoms with Crippen LogP contribution in [0.5, 0.6) is 5.75 Å². The summed E-state index contributed by atoms with van der Waals surface area (Å²) in [5, 5.41) is 2.35. The average molecular weight is 456 g/mol. The van der Waals surface area contributed by atoms with Crippen LogP contribution in [0.15, 0.2) is 36.4 Å². The fraction of sp³-hybridized carbons (Fsp3) is 0.333. The summed E-state index contributed by atoms with van der Waals surface area (Å²) in [6.45, 7) is 0.821. The third-order valence-electron chi connectivity index (χ3n) is 4.68. The number of morpholine rings is 1. The van der Waals surface area contributed by atoms with Crippen molar-refractivity contribution < 1.29 is 41.4 Å². The number of nitrogens with one attached hydrogen (secondary N) is 1. The highest BCUT2D eigenvalue weighted by molar-refractivity contribution is 5.97. The van der Waals surface area contributed by atoms with Gasteiger partial charge in [0, 0.05) is 19.2 Å². The molecule has 32 heavy (non-hydrogen) atoms. The second-order valence-electron chi connectivity index (χ2n) is 6.80. The van der Waals surface area contributed by atoms with Gasteiger partial charge in [-0.1, -0.05) is 0 Å². The summed E-state index contributed by atoms with van der Waals surface area (Å²) in [7, 11) is 1.33. The summed E-state index contributed by atoms with van der Waals surface area (Å²) in [6, 6.07) is 6.46. The van der Waals surface area contributed by atoms with Gasteiger partial charge < -0.3 is 24.4 Å². The molecule has 0 unspecified atom stereocenters. The molecule has 1 fully saturated rings. The molecule has 11 heteroatoms. The number of methoxy groups -OCH3 is 1. The lowest BCUT2D eigenvalue weighted by atomic mass is 10.1. The lowest BCUT2D eigenvalue weighted by Gasteiger charge is -2.31. The van der Waals surface area contributed by atoms with Gasteiger partial charge in [0.25, 0.3) is 5.91 Å². The molecule has 1 saturated heterocycles. The van der Waals surface area contributed by atoms with Crippen LogP contribution in [0.1, 0.15) is 15.9 Å². The number of anilines is 2. The molecule has 0 atom stereocenters. The van der Waals surface area contributed by atoms with Crippen molar-refractivity contribution in [2.45, 2.75) is 6.18 Å². The number of benzene rings is 2. The van der Waals surface area contributed by atoms with Crippen molar-refractivity contribution >= 4 is 23.3 Å². The van der Waals surface area contributed by atoms with E-state index in [1.807, 2.05) is 0 Å². The van der Waals surface area contributed by atoms with Crippen LogP contribution < -0.4 is 15.0 Å². The Hall–Kier alpha value is -3.34. The average Bonchev–Trinajstić information content (AvgIpc) is 2.77. The molecule has 1 aliphatic rings. The fourth-order valence-electron chi connectivity index (χ4n) is 3.08. The maximum absolute atomic E-state index is 14.0. The Bertz CT molecular complexity index is 991. The van der Waals surface area contributed by atoms with Gasteiger partial charge in [-0.05, 0) is 30.3 Å². The van der Waals surface area contributed by atoms with Gasteiger partial charge in [0.1, 0.15) is 11.6 Å². The second kappa shape index (κ2) is 9.86. The van der Waals surface area contributed by atoms with E-state index in [2.05, 4.69) is 5.32 Å². The van der Waals surface area contributed by atoms with Crippen LogP contribution in [0.3, 0.4) is 0 Å². The quantitative estimate of drug-likeness (QED) is 0.530. The lowest BCUT2D eigenvalue weighted by molar-refractivity contribution is -0.137. The molecule has 1 aliphatic heterocycles. The Morgan fingerprint density at radius 2 is 1.84 bits per heavy atom. The first-order valence-corrected chi connectivity index (χ1v) is 9.53. The van der Waals surface area contributed by atoms with E-state index in [1.54, 1.807) is 4.90 Å². The van der Waals surface area contributed by atoms with Gasteiger partial charge >= 0.3 is 12.1 Å². The first-order valence-electron chi connectivity index (χ1n) is 9.53. The molecule has 172 valence electrons. The summed E-state index contributed by atoms with van der Waals surface area (Å²) in [4.78, 5) is 26.1. The maximum atomic E-state index is 14.0. The molecule has 0 aromatic heterocycles. The number of alkyl halides is 3. The van der Waals surface area contributed by atoms with Crippen molar-refractivity contribution in [3.8, 4) is 5.75 Å². The highest BCUT2D eigenvalue weighted by Crippen LogP contribution is 2.35. The number of hydrogen-bond donors (Lipinski definition) is 1. The van der Waals surface area contributed by atoms with Crippen LogP contribution >= 0.6 is 0 Å². The van der Waals surface area contributed by atoms with Gasteiger partial charge in [0.2, 0.25) is 0 Å². The van der Waals surface area contributed by atoms with Crippen LogP contribution in [0.25, 0.3) is 0 Å². The van der Waals surface area contributed by atoms with Crippen molar-refractivity contribution in [3.63, 3.8) is 0 Å². The Balaban J connectivity index is 1.72. The van der Waals surface area contributed by atoms with Gasteiger partial charge in [0.05, 0.1) is 42.8 Å². The predicted octanol–water partition coefficient (Wildman–Crippen LogP) is 3.49. The molecule has 1 heterocycles. The Labute approximate surface area is 180 Å². The molecule has 0 radical (unpaired) electrons. The van der Waals surface area contributed by atoms with Crippen molar-refractivity contribution in [1.29, 1.82) is 0 Å². The molecular weight excluding hydrogens is 436 g/mol. The number of esters is 1. The summed E-state index contributed by atoms with van der Waals surface area (Å²) in [5.41, 5.74) is -1.06. The van der Waals surface area contributed by atoms with Crippen LogP contribution in [0, 0.1) is 5.82 Å². The molecule has 0 spiro atoms. The molecule has 3 rings (SSSR count). The fourth-order valence-corrected chi connectivity index (χ4v) is 3.08. The van der Waals surface area contributed by atoms with E-state index in [4.69, 9.17) is 14.2 Å². The van der Waals surface area contributed by atoms with Crippen LogP contribution in [-0.4, -0.2) is 51.9 Å². The molecule has 0 saturated carbocycles. The monoisotopic (exact) mass is 456 g/mol. The van der Waals surface area contributed by atoms with E-state index >= 15 is 0 Å². The van der Waals surface area contributed by atoms with Crippen LogP contribution in [-0.2, 0) is 20.4 Å². The number of rotatable bonds is 6. The summed E-state index contributed by atoms with van der Waals surface area (Å²) in [6.07, 6.45) is -4.61. The number of nitrogens with zero attached hydrogens (tertiary/aromatic N) is 1. The molecule has 2 aromatic carbocycles. The van der Waals surface area contributed by atoms with Gasteiger partial charge in [-0.25, -0.2) is 9.18 Å². The summed E-state index contributed by atoms with van der Waals surface area (Å²) < 4.78 is 68.3. The minimum absolute atomic E-state index is 0.0848. The smallest absolute Gasteiger partial charge is 0.416 e. The van der Waals surface area contributed by atoms with Crippen LogP contribution in [0.4, 0.5) is 28.9 Å². The first kappa shape index (κ1) is 23.3. The SMILES string of the molecule is COc1ccc(C(=O)OCC(=O)Nc2cc(C(F)(F)F)ccc2N2CCOCC2)c(F)c1. The van der Waals surface area contributed by atoms with Gasteiger partial charge in [-0.15, -0.1) is 0 Å². The highest BCUT2D eigenvalue weighted by atomic mass is 19.4. The third-order valence-corrected chi connectivity index (χ3v) is 4.68. The molecule has 0 aliphatic carbocycles. The standard InChI is InChI=1S/C21H20F4N2O5/c1-30-14-3-4-15(16(22)11-14)20(29)32-12-19(28)26-17-10-13(21(23,24)25)2-5-18(17)27-6-8-31-9-7-27/h2-5,10-11H,6-9,12H2,1H3,(H,26,28). The van der Waals surface area contributed by atoms with Crippen molar-refractivity contribution in [1.82, 2.24) is 0 Å². The normalized spacial score (nSPS) is 14.1. The highest BCUT2D eigenvalue weighted by Gasteiger charge is 2.32. The van der Waals surface area contributed by atoms with Crippen molar-refractivity contribution in [2.24, 2.45) is 0 Å². The third kappa shape index (κ3) is 5.67. The summed E-state index contributed by atoms with van der Waals surface area (Å²) >= 11 is 0. The van der Waals surface area contributed by atoms with Crippen molar-refractivity contribution in [3.05, 3.63) is 53.3 Å². The first-order chi connectivity index (χ1) is 15.2. The maximum Gasteiger partial charge on any atom is 0.416 e. The number of hydrogen-bond acceptors (Lipinski definition) is 6. The number of ether oxygens (including phenoxy) is 3. The molecule has 1 N–H and O–H groups in total. The van der Waals surface area contributed by atoms with E-state index < -0.39 is 41.6 Å². The predicted molar refractivity (Wildman–Crippen MR) is 106 cm³/mol. The van der Waals surface area contributed by atoms with Gasteiger partial charge in [-0.3, -0.25) is 4.79 Å². The van der Waals surface area contributed by atoms with Crippen LogP contribution in [0.2, 0.25) is 0 Å². The van der Waals surface area contributed by atoms with Gasteiger partial charge in [0.15, 0.2) is 6.61 Å². The largest absolute Gasteiger partial charge is 0.497 e. The van der Waals surface area contributed by atoms with E-state index in [0.717, 1.165) is 24.3 Å². The number of carbonyl (C=O) groups excluding carboxylic acids is 2. The molecular formula is C21H20F4N2O5. The topological polar surface area (TPSA) is 77.1 Å². The Morgan fingerprint density at radius 3 is 2.47 bits per heavy atom. The summed E-state index contributed by atoms with van der Waals surface area (Å²) in [5.74, 6) is -2.68. The van der Waals surface area contributed by atoms with E-state index in [-0.39, 0.29) is 11.4 Å². The van der Waals surface area contributed by atoms with Crippen molar-refractivity contribution in [2.75, 3.05) is 50.2 Å². The number of amides is 1. The van der Waals surface area contributed by atoms with Gasteiger partial charge in [-0.2, -0.15) is 13.2 Å². The zero-order valence-electron chi connectivity index (χ0n) is 17.0. The van der Waals surface area contributed by atoms with E-state index in [0.29, 0.717) is 32.0 Å². The molecule has 2 aromatic rings. The van der Waals surface area contributed by atoms with E-state index in [1.165, 1.54) is 19.2 Å². The zero-order chi connectivity index (χ0) is 23.3. The molecule has 1 amide bonds. The molecule has 0 bridgehead atoms. The zero-order valence-corrected chi connectivity index (χ0v) is 17.0. The Kier molecular flexibility index (Phi) is 7.18. The minimum Gasteiger partial charge on any atom is -0.497 e. The lowest BCUT2D eigenvalue weighted by Crippen LogP contribution is -2.37. The number of halogens is 4. The number of carbonyl (C=O) groups is 2.